The quantitative estimate of drug-likeness (QED) is 0.436. The summed E-state index contributed by atoms with van der Waals surface area (Å²) in [7, 11) is 1.25. The standard InChI is InChI=1S/CH6N4O3/c1-3-4(6)5(7)8-2/h3H,2H2,1H3/q-2. The Hall–Kier alpha value is -0.280. The minimum Gasteiger partial charge on any atom is -0.757 e. The molecule has 0 aromatic heterocycles. The molecule has 0 aliphatic carbocycles. The summed E-state index contributed by atoms with van der Waals surface area (Å²) in [6, 6.07) is 0. The summed E-state index contributed by atoms with van der Waals surface area (Å²) in [5, 5.41) is 19.1. The van der Waals surface area contributed by atoms with Crippen molar-refractivity contribution in [2.24, 2.45) is 5.90 Å². The van der Waals surface area contributed by atoms with Crippen LogP contribution in [0.1, 0.15) is 0 Å². The molecule has 0 unspecified atom stereocenters. The van der Waals surface area contributed by atoms with Crippen molar-refractivity contribution in [1.82, 2.24) is 16.0 Å². The van der Waals surface area contributed by atoms with Crippen molar-refractivity contribution < 1.29 is 4.94 Å². The van der Waals surface area contributed by atoms with Crippen molar-refractivity contribution in [3.05, 3.63) is 10.4 Å². The lowest BCUT2D eigenvalue weighted by Crippen LogP contribution is -2.43. The Balaban J connectivity index is 3.29. The molecule has 0 saturated carbocycles. The second-order valence-electron chi connectivity index (χ2n) is 0.840. The highest BCUT2D eigenvalue weighted by atomic mass is 17.0. The largest absolute Gasteiger partial charge is 0.757 e. The summed E-state index contributed by atoms with van der Waals surface area (Å²) < 4.78 is 0. The van der Waals surface area contributed by atoms with Gasteiger partial charge in [-0.3, -0.25) is 5.43 Å². The summed E-state index contributed by atoms with van der Waals surface area (Å²) in [5.41, 5.74) is 1.90. The maximum Gasteiger partial charge on any atom is -0.000859 e. The predicted octanol–water partition coefficient (Wildman–Crippen LogP) is -1.56. The Morgan fingerprint density at radius 1 is 1.62 bits per heavy atom. The summed E-state index contributed by atoms with van der Waals surface area (Å²) in [6.45, 7) is 0. The van der Waals surface area contributed by atoms with Gasteiger partial charge in [-0.05, 0) is 7.05 Å². The molecule has 0 bridgehead atoms. The highest BCUT2D eigenvalue weighted by Gasteiger charge is 1.84. The zero-order chi connectivity index (χ0) is 6.57. The third-order valence-corrected chi connectivity index (χ3v) is 0.430. The fourth-order valence-electron chi connectivity index (χ4n) is 0.124. The molecule has 0 fully saturated rings. The number of hydrogen-bond donors (Lipinski definition) is 2. The van der Waals surface area contributed by atoms with Gasteiger partial charge in [0.1, 0.15) is 0 Å². The molecule has 50 valence electrons. The first-order valence-electron chi connectivity index (χ1n) is 1.71. The van der Waals surface area contributed by atoms with E-state index < -0.39 is 5.34 Å². The van der Waals surface area contributed by atoms with Crippen LogP contribution < -0.4 is 11.3 Å². The Morgan fingerprint density at radius 3 is 2.25 bits per heavy atom. The van der Waals surface area contributed by atoms with Crippen molar-refractivity contribution >= 4 is 0 Å². The fraction of sp³-hybridized carbons (Fsp3) is 1.00. The highest BCUT2D eigenvalue weighted by molar-refractivity contribution is 4.36. The van der Waals surface area contributed by atoms with E-state index in [1.54, 1.807) is 0 Å². The second-order valence-corrected chi connectivity index (χ2v) is 0.840. The van der Waals surface area contributed by atoms with E-state index >= 15 is 0 Å². The molecule has 0 amide bonds. The Morgan fingerprint density at radius 2 is 2.12 bits per heavy atom. The van der Waals surface area contributed by atoms with Gasteiger partial charge in [0.2, 0.25) is 0 Å². The summed E-state index contributed by atoms with van der Waals surface area (Å²) in [4.78, 5) is 3.43. The molecule has 0 aromatic rings. The van der Waals surface area contributed by atoms with E-state index in [-0.39, 0.29) is 5.28 Å². The van der Waals surface area contributed by atoms with E-state index in [0.717, 1.165) is 0 Å². The van der Waals surface area contributed by atoms with Crippen molar-refractivity contribution in [1.29, 1.82) is 0 Å². The van der Waals surface area contributed by atoms with Crippen molar-refractivity contribution in [3.8, 4) is 0 Å². The molecule has 7 nitrogen and oxygen atoms in total. The molecule has 0 spiro atoms. The number of nitrogens with two attached hydrogens (primary N) is 1. The fourth-order valence-corrected chi connectivity index (χ4v) is 0.124. The molecule has 0 radical (unpaired) electrons. The highest BCUT2D eigenvalue weighted by Crippen LogP contribution is 1.82. The topological polar surface area (TPSA) is 99.9 Å². The normalized spacial score (nSPS) is 11.2. The Labute approximate surface area is 45.6 Å². The van der Waals surface area contributed by atoms with E-state index in [4.69, 9.17) is 0 Å². The predicted molar refractivity (Wildman–Crippen MR) is 24.7 cm³/mol. The molecule has 0 saturated heterocycles. The van der Waals surface area contributed by atoms with E-state index in [2.05, 4.69) is 10.8 Å². The maximum absolute atomic E-state index is 9.96. The lowest BCUT2D eigenvalue weighted by molar-refractivity contribution is -0.250. The van der Waals surface area contributed by atoms with Crippen LogP contribution in [-0.4, -0.2) is 17.7 Å². The third-order valence-electron chi connectivity index (χ3n) is 0.430. The van der Waals surface area contributed by atoms with E-state index in [9.17, 15) is 10.4 Å². The smallest absolute Gasteiger partial charge is 0.000859 e. The molecule has 8 heavy (non-hydrogen) atoms. The first kappa shape index (κ1) is 7.72. The number of hydrogen-bond acceptors (Lipinski definition) is 7. The van der Waals surface area contributed by atoms with Gasteiger partial charge < -0.3 is 10.4 Å². The summed E-state index contributed by atoms with van der Waals surface area (Å²) >= 11 is 0. The average Bonchev–Trinajstić information content (AvgIpc) is 1.84. The minimum absolute atomic E-state index is 0.222. The van der Waals surface area contributed by atoms with Gasteiger partial charge in [0.05, 0.1) is 0 Å². The van der Waals surface area contributed by atoms with Crippen molar-refractivity contribution in [3.63, 3.8) is 0 Å². The van der Waals surface area contributed by atoms with Crippen LogP contribution >= 0.6 is 0 Å². The van der Waals surface area contributed by atoms with Crippen LogP contribution in [0.3, 0.4) is 0 Å². The molecule has 0 atom stereocenters. The molecule has 7 heteroatoms. The number of nitrogens with one attached hydrogen (secondary N) is 1. The lowest BCUT2D eigenvalue weighted by Gasteiger charge is -2.39. The van der Waals surface area contributed by atoms with E-state index in [1.807, 2.05) is 5.43 Å². The first-order valence-corrected chi connectivity index (χ1v) is 1.71. The molecule has 0 aliphatic rings. The van der Waals surface area contributed by atoms with Gasteiger partial charge in [0.25, 0.3) is 0 Å². The summed E-state index contributed by atoms with van der Waals surface area (Å²) in [5.74, 6) is 4.28. The van der Waals surface area contributed by atoms with Crippen LogP contribution in [-0.2, 0) is 4.94 Å². The van der Waals surface area contributed by atoms with E-state index in [1.165, 1.54) is 7.05 Å². The van der Waals surface area contributed by atoms with Crippen LogP contribution in [0.4, 0.5) is 0 Å². The SMILES string of the molecule is CNN([O-])N([O-])ON. The Bertz CT molecular complexity index is 51.2. The molecule has 3 N–H and O–H groups in total. The average molecular weight is 122 g/mol. The lowest BCUT2D eigenvalue weighted by atomic mass is 11.5. The van der Waals surface area contributed by atoms with Crippen molar-refractivity contribution in [2.75, 3.05) is 7.05 Å². The van der Waals surface area contributed by atoms with E-state index in [0.29, 0.717) is 0 Å². The van der Waals surface area contributed by atoms with Gasteiger partial charge in [-0.25, -0.2) is 10.2 Å². The van der Waals surface area contributed by atoms with Crippen LogP contribution in [0.15, 0.2) is 0 Å². The number of rotatable bonds is 3. The minimum atomic E-state index is -0.458. The van der Waals surface area contributed by atoms with Crippen LogP contribution in [0, 0.1) is 10.4 Å². The van der Waals surface area contributed by atoms with Crippen LogP contribution in [0.5, 0.6) is 0 Å². The van der Waals surface area contributed by atoms with Gasteiger partial charge in [-0.1, -0.05) is 0 Å². The van der Waals surface area contributed by atoms with Crippen molar-refractivity contribution in [2.45, 2.75) is 0 Å². The molecular formula is CH6N4O3-2. The maximum atomic E-state index is 9.96. The van der Waals surface area contributed by atoms with Gasteiger partial charge >= 0.3 is 0 Å². The molecule has 0 rings (SSSR count). The number of nitrogens with zero attached hydrogens (tertiary/aromatic N) is 2. The number of hydrazine groups is 2. The summed E-state index contributed by atoms with van der Waals surface area (Å²) in [6.07, 6.45) is 0. The van der Waals surface area contributed by atoms with Gasteiger partial charge in [0.15, 0.2) is 0 Å². The molecular weight excluding hydrogens is 116 g/mol. The monoisotopic (exact) mass is 122 g/mol. The molecule has 0 aromatic carbocycles. The van der Waals surface area contributed by atoms with Gasteiger partial charge in [-0.15, -0.1) is 0 Å². The first-order chi connectivity index (χ1) is 3.72. The van der Waals surface area contributed by atoms with Gasteiger partial charge in [-0.2, -0.15) is 11.2 Å². The zero-order valence-electron chi connectivity index (χ0n) is 4.20. The van der Waals surface area contributed by atoms with Crippen LogP contribution in [0.2, 0.25) is 0 Å². The Kier molecular flexibility index (Phi) is 3.56. The third kappa shape index (κ3) is 2.14. The van der Waals surface area contributed by atoms with Crippen LogP contribution in [0.25, 0.3) is 0 Å². The second kappa shape index (κ2) is 3.69. The molecule has 0 heterocycles. The zero-order valence-corrected chi connectivity index (χ0v) is 4.20. The molecule has 0 aliphatic heterocycles. The van der Waals surface area contributed by atoms with Gasteiger partial charge in [0, 0.05) is 0 Å².